The molecule has 1 aromatic carbocycles. The number of alkyl halides is 1. The number of hydrogen-bond donors (Lipinski definition) is 1. The van der Waals surface area contributed by atoms with Crippen LogP contribution in [0, 0.1) is 0 Å². The van der Waals surface area contributed by atoms with E-state index in [4.69, 9.17) is 0 Å². The first kappa shape index (κ1) is 11.5. The van der Waals surface area contributed by atoms with Gasteiger partial charge in [-0.25, -0.2) is 0 Å². The van der Waals surface area contributed by atoms with Gasteiger partial charge < -0.3 is 5.32 Å². The van der Waals surface area contributed by atoms with Crippen LogP contribution in [0.5, 0.6) is 0 Å². The molecule has 1 heterocycles. The van der Waals surface area contributed by atoms with Crippen LogP contribution < -0.4 is 5.32 Å². The molecule has 0 aliphatic carbocycles. The summed E-state index contributed by atoms with van der Waals surface area (Å²) >= 11 is 5.44. The first-order chi connectivity index (χ1) is 7.42. The lowest BCUT2D eigenvalue weighted by molar-refractivity contribution is 0.617. The van der Waals surface area contributed by atoms with Crippen LogP contribution in [0.2, 0.25) is 0 Å². The van der Waals surface area contributed by atoms with E-state index in [0.717, 1.165) is 18.4 Å². The Hall–Kier alpha value is 0.0100. The maximum atomic E-state index is 3.53. The zero-order valence-corrected chi connectivity index (χ0v) is 11.1. The van der Waals surface area contributed by atoms with E-state index in [-0.39, 0.29) is 0 Å². The van der Waals surface area contributed by atoms with E-state index in [1.54, 1.807) is 0 Å². The van der Waals surface area contributed by atoms with Gasteiger partial charge in [0.1, 0.15) is 0 Å². The number of benzene rings is 1. The van der Waals surface area contributed by atoms with Crippen LogP contribution >= 0.6 is 27.7 Å². The summed E-state index contributed by atoms with van der Waals surface area (Å²) in [5.41, 5.74) is 1.54. The summed E-state index contributed by atoms with van der Waals surface area (Å²) in [6.07, 6.45) is 1.21. The summed E-state index contributed by atoms with van der Waals surface area (Å²) in [5, 5.41) is 4.62. The van der Waals surface area contributed by atoms with Crippen LogP contribution in [0.25, 0.3) is 0 Å². The molecule has 15 heavy (non-hydrogen) atoms. The Balaban J connectivity index is 1.85. The first-order valence-corrected chi connectivity index (χ1v) is 7.51. The minimum atomic E-state index is 0.710. The molecule has 0 bridgehead atoms. The Morgan fingerprint density at radius 3 is 3.13 bits per heavy atom. The van der Waals surface area contributed by atoms with Crippen LogP contribution in [-0.2, 0) is 0 Å². The van der Waals surface area contributed by atoms with E-state index >= 15 is 0 Å². The van der Waals surface area contributed by atoms with Crippen molar-refractivity contribution in [3.05, 3.63) is 29.8 Å². The highest BCUT2D eigenvalue weighted by Crippen LogP contribution is 2.38. The molecule has 1 aromatic rings. The van der Waals surface area contributed by atoms with Gasteiger partial charge in [0.25, 0.3) is 0 Å². The van der Waals surface area contributed by atoms with Crippen molar-refractivity contribution in [3.63, 3.8) is 0 Å². The van der Waals surface area contributed by atoms with Gasteiger partial charge in [0, 0.05) is 28.4 Å². The second-order valence-corrected chi connectivity index (χ2v) is 5.65. The average Bonchev–Trinajstić information content (AvgIpc) is 2.68. The first-order valence-electron chi connectivity index (χ1n) is 5.40. The van der Waals surface area contributed by atoms with Crippen molar-refractivity contribution in [2.45, 2.75) is 17.2 Å². The van der Waals surface area contributed by atoms with E-state index in [0.29, 0.717) is 5.92 Å². The summed E-state index contributed by atoms with van der Waals surface area (Å²) in [4.78, 5) is 1.48. The maximum Gasteiger partial charge on any atom is 0.0108 e. The highest BCUT2D eigenvalue weighted by Gasteiger charge is 2.21. The van der Waals surface area contributed by atoms with Crippen molar-refractivity contribution >= 4 is 27.7 Å². The molecule has 1 aliphatic rings. The highest BCUT2D eigenvalue weighted by molar-refractivity contribution is 9.09. The summed E-state index contributed by atoms with van der Waals surface area (Å²) in [5.74, 6) is 1.95. The van der Waals surface area contributed by atoms with Gasteiger partial charge in [-0.15, -0.1) is 11.8 Å². The molecular formula is C12H16BrNS. The number of hydrogen-bond acceptors (Lipinski definition) is 2. The molecule has 82 valence electrons. The molecular weight excluding hydrogens is 270 g/mol. The minimum absolute atomic E-state index is 0.710. The number of thioether (sulfide) groups is 1. The SMILES string of the molecule is BrCCCNCC1CSc2ccccc21. The molecule has 0 spiro atoms. The van der Waals surface area contributed by atoms with E-state index in [1.165, 1.54) is 22.6 Å². The number of rotatable bonds is 5. The number of nitrogens with one attached hydrogen (secondary N) is 1. The van der Waals surface area contributed by atoms with Gasteiger partial charge in [-0.2, -0.15) is 0 Å². The fourth-order valence-electron chi connectivity index (χ4n) is 1.87. The predicted molar refractivity (Wildman–Crippen MR) is 71.2 cm³/mol. The lowest BCUT2D eigenvalue weighted by atomic mass is 10.0. The third-order valence-corrected chi connectivity index (χ3v) is 4.49. The van der Waals surface area contributed by atoms with Crippen molar-refractivity contribution in [2.24, 2.45) is 0 Å². The zero-order chi connectivity index (χ0) is 10.5. The van der Waals surface area contributed by atoms with Gasteiger partial charge in [0.15, 0.2) is 0 Å². The van der Waals surface area contributed by atoms with Gasteiger partial charge in [-0.1, -0.05) is 34.1 Å². The van der Waals surface area contributed by atoms with Crippen molar-refractivity contribution in [2.75, 3.05) is 24.2 Å². The van der Waals surface area contributed by atoms with Gasteiger partial charge >= 0.3 is 0 Å². The number of fused-ring (bicyclic) bond motifs is 1. The number of halogens is 1. The molecule has 1 N–H and O–H groups in total. The monoisotopic (exact) mass is 285 g/mol. The fourth-order valence-corrected chi connectivity index (χ4v) is 3.40. The molecule has 1 aliphatic heterocycles. The second-order valence-electron chi connectivity index (χ2n) is 3.79. The van der Waals surface area contributed by atoms with E-state index in [1.807, 2.05) is 11.8 Å². The Labute approximate surface area is 104 Å². The summed E-state index contributed by atoms with van der Waals surface area (Å²) in [6.45, 7) is 2.24. The van der Waals surface area contributed by atoms with Gasteiger partial charge in [0.2, 0.25) is 0 Å². The van der Waals surface area contributed by atoms with Crippen molar-refractivity contribution in [3.8, 4) is 0 Å². The third kappa shape index (κ3) is 2.99. The minimum Gasteiger partial charge on any atom is -0.316 e. The molecule has 0 amide bonds. The Morgan fingerprint density at radius 1 is 1.40 bits per heavy atom. The largest absolute Gasteiger partial charge is 0.316 e. The van der Waals surface area contributed by atoms with Gasteiger partial charge in [0.05, 0.1) is 0 Å². The van der Waals surface area contributed by atoms with Gasteiger partial charge in [-0.05, 0) is 24.6 Å². The molecule has 0 saturated heterocycles. The Kier molecular flexibility index (Phi) is 4.54. The van der Waals surface area contributed by atoms with Gasteiger partial charge in [-0.3, -0.25) is 0 Å². The molecule has 0 fully saturated rings. The lowest BCUT2D eigenvalue weighted by Gasteiger charge is -2.11. The Morgan fingerprint density at radius 2 is 2.27 bits per heavy atom. The topological polar surface area (TPSA) is 12.0 Å². The van der Waals surface area contributed by atoms with E-state index in [2.05, 4.69) is 45.5 Å². The van der Waals surface area contributed by atoms with Crippen LogP contribution in [0.15, 0.2) is 29.2 Å². The lowest BCUT2D eigenvalue weighted by Crippen LogP contribution is -2.22. The van der Waals surface area contributed by atoms with Crippen LogP contribution in [0.1, 0.15) is 17.9 Å². The normalized spacial score (nSPS) is 19.1. The van der Waals surface area contributed by atoms with Crippen LogP contribution in [-0.4, -0.2) is 24.2 Å². The molecule has 1 nitrogen and oxygen atoms in total. The quantitative estimate of drug-likeness (QED) is 0.658. The maximum absolute atomic E-state index is 3.53. The fraction of sp³-hybridized carbons (Fsp3) is 0.500. The van der Waals surface area contributed by atoms with Crippen LogP contribution in [0.3, 0.4) is 0 Å². The average molecular weight is 286 g/mol. The standard InChI is InChI=1S/C12H16BrNS/c13-6-3-7-14-8-10-9-15-12-5-2-1-4-11(10)12/h1-2,4-5,10,14H,3,6-9H2. The van der Waals surface area contributed by atoms with E-state index in [9.17, 15) is 0 Å². The van der Waals surface area contributed by atoms with Crippen molar-refractivity contribution < 1.29 is 0 Å². The second kappa shape index (κ2) is 5.92. The Bertz CT molecular complexity index is 316. The molecule has 1 unspecified atom stereocenters. The molecule has 0 radical (unpaired) electrons. The highest BCUT2D eigenvalue weighted by atomic mass is 79.9. The predicted octanol–water partition coefficient (Wildman–Crippen LogP) is 3.25. The molecule has 1 atom stereocenters. The smallest absolute Gasteiger partial charge is 0.0108 e. The summed E-state index contributed by atoms with van der Waals surface area (Å²) < 4.78 is 0. The summed E-state index contributed by atoms with van der Waals surface area (Å²) in [7, 11) is 0. The molecule has 0 aromatic heterocycles. The van der Waals surface area contributed by atoms with Crippen molar-refractivity contribution in [1.29, 1.82) is 0 Å². The third-order valence-electron chi connectivity index (χ3n) is 2.68. The zero-order valence-electron chi connectivity index (χ0n) is 8.71. The summed E-state index contributed by atoms with van der Waals surface area (Å²) in [6, 6.07) is 8.79. The van der Waals surface area contributed by atoms with Crippen LogP contribution in [0.4, 0.5) is 0 Å². The molecule has 0 saturated carbocycles. The van der Waals surface area contributed by atoms with E-state index < -0.39 is 0 Å². The molecule has 2 rings (SSSR count). The molecule has 3 heteroatoms. The van der Waals surface area contributed by atoms with Crippen molar-refractivity contribution in [1.82, 2.24) is 5.32 Å².